The molecular formula is C17H15F5N2O2. The Hall–Kier alpha value is -2.52. The van der Waals surface area contributed by atoms with Crippen LogP contribution < -0.4 is 11.2 Å². The number of hydrogen-bond donors (Lipinski definition) is 2. The molecule has 9 heteroatoms. The topological polar surface area (TPSA) is 64.4 Å². The Morgan fingerprint density at radius 3 is 2.08 bits per heavy atom. The summed E-state index contributed by atoms with van der Waals surface area (Å²) in [4.78, 5) is 16.6. The number of nitrogens with one attached hydrogen (secondary N) is 1. The zero-order chi connectivity index (χ0) is 19.3. The van der Waals surface area contributed by atoms with Crippen LogP contribution in [0.5, 0.6) is 0 Å². The number of rotatable bonds is 7. The van der Waals surface area contributed by atoms with Crippen molar-refractivity contribution in [2.75, 3.05) is 0 Å². The molecule has 3 N–H and O–H groups in total. The van der Waals surface area contributed by atoms with Crippen molar-refractivity contribution in [2.45, 2.75) is 25.5 Å². The molecule has 0 fully saturated rings. The van der Waals surface area contributed by atoms with Gasteiger partial charge in [-0.15, -0.1) is 0 Å². The molecule has 2 aromatic rings. The second-order valence-electron chi connectivity index (χ2n) is 5.52. The van der Waals surface area contributed by atoms with Crippen molar-refractivity contribution in [2.24, 2.45) is 5.73 Å². The minimum Gasteiger partial charge on any atom is -0.327 e. The molecule has 0 aliphatic carbocycles. The van der Waals surface area contributed by atoms with Gasteiger partial charge < -0.3 is 5.73 Å². The van der Waals surface area contributed by atoms with Gasteiger partial charge in [0.1, 0.15) is 0 Å². The average molecular weight is 374 g/mol. The van der Waals surface area contributed by atoms with Crippen LogP contribution in [-0.2, 0) is 22.7 Å². The quantitative estimate of drug-likeness (QED) is 0.339. The first-order valence-electron chi connectivity index (χ1n) is 7.51. The molecule has 0 aromatic heterocycles. The predicted molar refractivity (Wildman–Crippen MR) is 81.9 cm³/mol. The maximum atomic E-state index is 13.6. The van der Waals surface area contributed by atoms with E-state index >= 15 is 0 Å². The summed E-state index contributed by atoms with van der Waals surface area (Å²) in [6.07, 6.45) is -1.15. The van der Waals surface area contributed by atoms with Gasteiger partial charge in [0.25, 0.3) is 0 Å². The van der Waals surface area contributed by atoms with Gasteiger partial charge in [0.05, 0.1) is 6.61 Å². The van der Waals surface area contributed by atoms with Crippen LogP contribution in [0.4, 0.5) is 22.0 Å². The van der Waals surface area contributed by atoms with Gasteiger partial charge in [-0.3, -0.25) is 9.63 Å². The van der Waals surface area contributed by atoms with Crippen LogP contribution in [0.1, 0.15) is 17.5 Å². The third-order valence-corrected chi connectivity index (χ3v) is 3.48. The minimum absolute atomic E-state index is 0.0828. The standard InChI is InChI=1S/C17H15F5N2O2/c18-13-11(14(19)16(21)17(22)15(13)20)6-10(23)7-12(25)24-26-8-9-4-2-1-3-5-9/h1-5,10H,6-8,23H2,(H,24,25)/t10-/m1/s1. The molecule has 140 valence electrons. The van der Waals surface area contributed by atoms with E-state index in [4.69, 9.17) is 10.6 Å². The summed E-state index contributed by atoms with van der Waals surface area (Å²) in [5.41, 5.74) is 7.40. The van der Waals surface area contributed by atoms with E-state index in [0.717, 1.165) is 5.56 Å². The number of carbonyl (C=O) groups excluding carboxylic acids is 1. The molecule has 1 amide bonds. The number of nitrogens with two attached hydrogens (primary N) is 1. The summed E-state index contributed by atoms with van der Waals surface area (Å²) >= 11 is 0. The molecular weight excluding hydrogens is 359 g/mol. The lowest BCUT2D eigenvalue weighted by atomic mass is 10.0. The third-order valence-electron chi connectivity index (χ3n) is 3.48. The number of carbonyl (C=O) groups is 1. The molecule has 0 aliphatic heterocycles. The summed E-state index contributed by atoms with van der Waals surface area (Å²) in [5, 5.41) is 0. The molecule has 0 aliphatic rings. The fourth-order valence-corrected chi connectivity index (χ4v) is 2.22. The molecule has 0 heterocycles. The highest BCUT2D eigenvalue weighted by Crippen LogP contribution is 2.24. The summed E-state index contributed by atoms with van der Waals surface area (Å²) in [6.45, 7) is 0.0828. The summed E-state index contributed by atoms with van der Waals surface area (Å²) in [7, 11) is 0. The van der Waals surface area contributed by atoms with Crippen molar-refractivity contribution >= 4 is 5.91 Å². The number of amides is 1. The van der Waals surface area contributed by atoms with E-state index in [0.29, 0.717) is 0 Å². The highest BCUT2D eigenvalue weighted by Gasteiger charge is 2.27. The van der Waals surface area contributed by atoms with E-state index < -0.39 is 59.4 Å². The monoisotopic (exact) mass is 374 g/mol. The van der Waals surface area contributed by atoms with Crippen LogP contribution in [0, 0.1) is 29.1 Å². The molecule has 26 heavy (non-hydrogen) atoms. The van der Waals surface area contributed by atoms with Crippen molar-refractivity contribution < 1.29 is 31.6 Å². The molecule has 1 atom stereocenters. The Kier molecular flexibility index (Phi) is 6.64. The molecule has 4 nitrogen and oxygen atoms in total. The zero-order valence-electron chi connectivity index (χ0n) is 13.4. The molecule has 0 saturated carbocycles. The Labute approximate surface area is 145 Å². The van der Waals surface area contributed by atoms with E-state index in [1.165, 1.54) is 0 Å². The number of hydroxylamine groups is 1. The predicted octanol–water partition coefficient (Wildman–Crippen LogP) is 2.89. The summed E-state index contributed by atoms with van der Waals surface area (Å²) < 4.78 is 66.4. The molecule has 0 saturated heterocycles. The lowest BCUT2D eigenvalue weighted by Crippen LogP contribution is -2.33. The highest BCUT2D eigenvalue weighted by atomic mass is 19.2. The van der Waals surface area contributed by atoms with E-state index in [9.17, 15) is 26.7 Å². The minimum atomic E-state index is -2.25. The Bertz CT molecular complexity index is 757. The lowest BCUT2D eigenvalue weighted by Gasteiger charge is -2.14. The molecule has 0 unspecified atom stereocenters. The van der Waals surface area contributed by atoms with Gasteiger partial charge in [-0.2, -0.15) is 0 Å². The SMILES string of the molecule is N[C@@H](CC(=O)NOCc1ccccc1)Cc1c(F)c(F)c(F)c(F)c1F. The fourth-order valence-electron chi connectivity index (χ4n) is 2.22. The normalized spacial score (nSPS) is 12.1. The van der Waals surface area contributed by atoms with E-state index in [2.05, 4.69) is 5.48 Å². The largest absolute Gasteiger partial charge is 0.327 e. The Morgan fingerprint density at radius 1 is 0.962 bits per heavy atom. The van der Waals surface area contributed by atoms with Gasteiger partial charge in [0, 0.05) is 18.0 Å². The van der Waals surface area contributed by atoms with E-state index in [1.807, 2.05) is 0 Å². The smallest absolute Gasteiger partial charge is 0.245 e. The average Bonchev–Trinajstić information content (AvgIpc) is 2.63. The third kappa shape index (κ3) is 4.77. The second kappa shape index (κ2) is 8.72. The van der Waals surface area contributed by atoms with Crippen LogP contribution >= 0.6 is 0 Å². The molecule has 0 spiro atoms. The zero-order valence-corrected chi connectivity index (χ0v) is 13.4. The van der Waals surface area contributed by atoms with E-state index in [-0.39, 0.29) is 6.61 Å². The first kappa shape index (κ1) is 19.8. The van der Waals surface area contributed by atoms with Crippen LogP contribution in [0.15, 0.2) is 30.3 Å². The maximum absolute atomic E-state index is 13.6. The van der Waals surface area contributed by atoms with Crippen molar-refractivity contribution in [1.29, 1.82) is 0 Å². The number of halogens is 5. The Balaban J connectivity index is 1.90. The van der Waals surface area contributed by atoms with Crippen molar-refractivity contribution in [3.63, 3.8) is 0 Å². The highest BCUT2D eigenvalue weighted by molar-refractivity contribution is 5.75. The van der Waals surface area contributed by atoms with Crippen LogP contribution in [-0.4, -0.2) is 11.9 Å². The summed E-state index contributed by atoms with van der Waals surface area (Å²) in [5.74, 6) is -11.0. The van der Waals surface area contributed by atoms with Gasteiger partial charge in [0.15, 0.2) is 23.3 Å². The second-order valence-corrected chi connectivity index (χ2v) is 5.52. The molecule has 0 bridgehead atoms. The van der Waals surface area contributed by atoms with Gasteiger partial charge in [-0.05, 0) is 12.0 Å². The van der Waals surface area contributed by atoms with Gasteiger partial charge in [-0.25, -0.2) is 27.4 Å². The van der Waals surface area contributed by atoms with E-state index in [1.54, 1.807) is 30.3 Å². The maximum Gasteiger partial charge on any atom is 0.245 e. The first-order chi connectivity index (χ1) is 12.3. The molecule has 0 radical (unpaired) electrons. The lowest BCUT2D eigenvalue weighted by molar-refractivity contribution is -0.134. The fraction of sp³-hybridized carbons (Fsp3) is 0.235. The van der Waals surface area contributed by atoms with Crippen molar-refractivity contribution in [1.82, 2.24) is 5.48 Å². The van der Waals surface area contributed by atoms with Gasteiger partial charge >= 0.3 is 0 Å². The Morgan fingerprint density at radius 2 is 1.50 bits per heavy atom. The van der Waals surface area contributed by atoms with Crippen LogP contribution in [0.2, 0.25) is 0 Å². The van der Waals surface area contributed by atoms with Gasteiger partial charge in [-0.1, -0.05) is 30.3 Å². The van der Waals surface area contributed by atoms with Crippen molar-refractivity contribution in [3.05, 3.63) is 70.5 Å². The molecule has 2 aromatic carbocycles. The summed E-state index contributed by atoms with van der Waals surface area (Å²) in [6, 6.07) is 7.72. The van der Waals surface area contributed by atoms with Gasteiger partial charge in [0.2, 0.25) is 11.7 Å². The van der Waals surface area contributed by atoms with Crippen molar-refractivity contribution in [3.8, 4) is 0 Å². The van der Waals surface area contributed by atoms with Crippen LogP contribution in [0.3, 0.4) is 0 Å². The van der Waals surface area contributed by atoms with Crippen LogP contribution in [0.25, 0.3) is 0 Å². The number of hydrogen-bond acceptors (Lipinski definition) is 3. The number of benzene rings is 2. The first-order valence-corrected chi connectivity index (χ1v) is 7.51. The molecule has 2 rings (SSSR count).